The maximum absolute atomic E-state index is 12.3. The van der Waals surface area contributed by atoms with Gasteiger partial charge < -0.3 is 19.6 Å². The highest BCUT2D eigenvalue weighted by Gasteiger charge is 2.27. The minimum atomic E-state index is -1.06. The summed E-state index contributed by atoms with van der Waals surface area (Å²) < 4.78 is 5.35. The van der Waals surface area contributed by atoms with Crippen molar-refractivity contribution in [2.75, 3.05) is 24.6 Å². The van der Waals surface area contributed by atoms with Crippen LogP contribution < -0.4 is 9.64 Å². The van der Waals surface area contributed by atoms with E-state index < -0.39 is 5.97 Å². The molecule has 1 aliphatic heterocycles. The molecule has 2 amide bonds. The Morgan fingerprint density at radius 1 is 1.35 bits per heavy atom. The third-order valence-electron chi connectivity index (χ3n) is 3.61. The second kappa shape index (κ2) is 7.13. The number of anilines is 1. The van der Waals surface area contributed by atoms with Gasteiger partial charge >= 0.3 is 5.97 Å². The zero-order chi connectivity index (χ0) is 17.0. The minimum Gasteiger partial charge on any atom is -0.482 e. The number of carbonyl (C=O) groups is 3. The largest absolute Gasteiger partial charge is 0.482 e. The Hall–Kier alpha value is -2.57. The topological polar surface area (TPSA) is 87.2 Å². The molecule has 0 saturated carbocycles. The number of carbonyl (C=O) groups excluding carboxylic acids is 2. The van der Waals surface area contributed by atoms with Gasteiger partial charge in [0.15, 0.2) is 6.61 Å². The summed E-state index contributed by atoms with van der Waals surface area (Å²) in [5, 5.41) is 8.90. The van der Waals surface area contributed by atoms with Crippen molar-refractivity contribution in [1.82, 2.24) is 4.90 Å². The molecule has 1 heterocycles. The van der Waals surface area contributed by atoms with Crippen LogP contribution in [0.3, 0.4) is 0 Å². The summed E-state index contributed by atoms with van der Waals surface area (Å²) in [4.78, 5) is 38.0. The van der Waals surface area contributed by atoms with E-state index in [0.29, 0.717) is 11.4 Å². The van der Waals surface area contributed by atoms with E-state index in [2.05, 4.69) is 0 Å². The van der Waals surface area contributed by atoms with E-state index in [1.807, 2.05) is 6.07 Å². The number of carboxylic acid groups (broad SMARTS) is 1. The summed E-state index contributed by atoms with van der Waals surface area (Å²) in [6.07, 6.45) is 0.0610. The number of carboxylic acids is 1. The average molecular weight is 320 g/mol. The Bertz CT molecular complexity index is 614. The van der Waals surface area contributed by atoms with E-state index in [9.17, 15) is 14.4 Å². The lowest BCUT2D eigenvalue weighted by Gasteiger charge is -2.30. The van der Waals surface area contributed by atoms with Crippen LogP contribution in [0.25, 0.3) is 0 Å². The Balaban J connectivity index is 2.06. The Labute approximate surface area is 134 Å². The molecule has 0 saturated heterocycles. The van der Waals surface area contributed by atoms with Crippen molar-refractivity contribution in [3.63, 3.8) is 0 Å². The van der Waals surface area contributed by atoms with Crippen molar-refractivity contribution in [3.05, 3.63) is 24.3 Å². The second-order valence-electron chi connectivity index (χ2n) is 5.56. The first-order valence-electron chi connectivity index (χ1n) is 7.43. The highest BCUT2D eigenvalue weighted by atomic mass is 16.5. The van der Waals surface area contributed by atoms with Gasteiger partial charge in [-0.15, -0.1) is 0 Å². The second-order valence-corrected chi connectivity index (χ2v) is 5.56. The van der Waals surface area contributed by atoms with Gasteiger partial charge in [-0.05, 0) is 26.0 Å². The van der Waals surface area contributed by atoms with E-state index in [1.165, 1.54) is 9.80 Å². The van der Waals surface area contributed by atoms with Gasteiger partial charge in [0.1, 0.15) is 12.3 Å². The smallest absolute Gasteiger partial charge is 0.323 e. The van der Waals surface area contributed by atoms with E-state index in [4.69, 9.17) is 9.84 Å². The molecule has 0 aliphatic carbocycles. The number of rotatable bonds is 6. The van der Waals surface area contributed by atoms with Crippen molar-refractivity contribution in [2.24, 2.45) is 0 Å². The predicted octanol–water partition coefficient (Wildman–Crippen LogP) is 1.12. The first kappa shape index (κ1) is 16.8. The molecule has 0 fully saturated rings. The first-order valence-corrected chi connectivity index (χ1v) is 7.43. The van der Waals surface area contributed by atoms with Crippen LogP contribution in [0, 0.1) is 0 Å². The van der Waals surface area contributed by atoms with Crippen LogP contribution in [0.1, 0.15) is 20.3 Å². The SMILES string of the molecule is CC(C)N(CC(=O)O)C(=O)CCN1C(=O)COc2ccccc21. The molecule has 0 aromatic heterocycles. The average Bonchev–Trinajstić information content (AvgIpc) is 2.51. The molecule has 1 N–H and O–H groups in total. The van der Waals surface area contributed by atoms with E-state index >= 15 is 0 Å². The van der Waals surface area contributed by atoms with Gasteiger partial charge in [0, 0.05) is 19.0 Å². The summed E-state index contributed by atoms with van der Waals surface area (Å²) in [6, 6.07) is 6.91. The molecule has 7 nitrogen and oxygen atoms in total. The van der Waals surface area contributed by atoms with Crippen molar-refractivity contribution < 1.29 is 24.2 Å². The van der Waals surface area contributed by atoms with Gasteiger partial charge in [0.2, 0.25) is 5.91 Å². The number of hydrogen-bond acceptors (Lipinski definition) is 4. The number of hydrogen-bond donors (Lipinski definition) is 1. The molecular weight excluding hydrogens is 300 g/mol. The molecule has 0 unspecified atom stereocenters. The van der Waals surface area contributed by atoms with Crippen molar-refractivity contribution >= 4 is 23.5 Å². The molecule has 124 valence electrons. The van der Waals surface area contributed by atoms with Crippen LogP contribution in [0.15, 0.2) is 24.3 Å². The maximum atomic E-state index is 12.3. The monoisotopic (exact) mass is 320 g/mol. The van der Waals surface area contributed by atoms with Crippen LogP contribution in [-0.2, 0) is 14.4 Å². The van der Waals surface area contributed by atoms with Crippen molar-refractivity contribution in [2.45, 2.75) is 26.3 Å². The molecule has 0 spiro atoms. The fourth-order valence-electron chi connectivity index (χ4n) is 2.45. The zero-order valence-electron chi connectivity index (χ0n) is 13.2. The standard InChI is InChI=1S/C16H20N2O5/c1-11(2)18(9-16(21)22)14(19)7-8-17-12-5-3-4-6-13(12)23-10-15(17)20/h3-6,11H,7-10H2,1-2H3,(H,21,22). The molecular formula is C16H20N2O5. The van der Waals surface area contributed by atoms with Gasteiger partial charge in [-0.3, -0.25) is 14.4 Å². The number of amides is 2. The molecule has 1 aromatic rings. The number of ether oxygens (including phenoxy) is 1. The molecule has 0 bridgehead atoms. The number of para-hydroxylation sites is 2. The van der Waals surface area contributed by atoms with Crippen LogP contribution >= 0.6 is 0 Å². The lowest BCUT2D eigenvalue weighted by atomic mass is 10.2. The molecule has 23 heavy (non-hydrogen) atoms. The van der Waals surface area contributed by atoms with Crippen LogP contribution in [0.5, 0.6) is 5.75 Å². The Morgan fingerprint density at radius 2 is 2.04 bits per heavy atom. The number of nitrogens with zero attached hydrogens (tertiary/aromatic N) is 2. The van der Waals surface area contributed by atoms with Crippen molar-refractivity contribution in [3.8, 4) is 5.75 Å². The highest BCUT2D eigenvalue weighted by molar-refractivity contribution is 5.98. The summed E-state index contributed by atoms with van der Waals surface area (Å²) in [7, 11) is 0. The normalized spacial score (nSPS) is 13.5. The van der Waals surface area contributed by atoms with Crippen LogP contribution in [0.4, 0.5) is 5.69 Å². The van der Waals surface area contributed by atoms with E-state index in [0.717, 1.165) is 0 Å². The molecule has 1 aromatic carbocycles. The van der Waals surface area contributed by atoms with Gasteiger partial charge in [-0.2, -0.15) is 0 Å². The summed E-state index contributed by atoms with van der Waals surface area (Å²) >= 11 is 0. The third-order valence-corrected chi connectivity index (χ3v) is 3.61. The fraction of sp³-hybridized carbons (Fsp3) is 0.438. The number of aliphatic carboxylic acids is 1. The molecule has 1 aliphatic rings. The van der Waals surface area contributed by atoms with E-state index in [1.54, 1.807) is 32.0 Å². The van der Waals surface area contributed by atoms with Gasteiger partial charge in [-0.25, -0.2) is 0 Å². The van der Waals surface area contributed by atoms with Gasteiger partial charge in [-0.1, -0.05) is 12.1 Å². The Kier molecular flexibility index (Phi) is 5.20. The lowest BCUT2D eigenvalue weighted by Crippen LogP contribution is -2.44. The summed E-state index contributed by atoms with van der Waals surface area (Å²) in [5.41, 5.74) is 0.630. The molecule has 7 heteroatoms. The zero-order valence-corrected chi connectivity index (χ0v) is 13.2. The summed E-state index contributed by atoms with van der Waals surface area (Å²) in [6.45, 7) is 3.31. The van der Waals surface area contributed by atoms with E-state index in [-0.39, 0.29) is 44.0 Å². The minimum absolute atomic E-state index is 0.0610. The Morgan fingerprint density at radius 3 is 2.70 bits per heavy atom. The maximum Gasteiger partial charge on any atom is 0.323 e. The van der Waals surface area contributed by atoms with Crippen molar-refractivity contribution in [1.29, 1.82) is 0 Å². The highest BCUT2D eigenvalue weighted by Crippen LogP contribution is 2.31. The number of benzene rings is 1. The third kappa shape index (κ3) is 4.00. The van der Waals surface area contributed by atoms with Gasteiger partial charge in [0.25, 0.3) is 5.91 Å². The molecule has 0 radical (unpaired) electrons. The first-order chi connectivity index (χ1) is 10.9. The predicted molar refractivity (Wildman–Crippen MR) is 83.4 cm³/mol. The number of fused-ring (bicyclic) bond motifs is 1. The summed E-state index contributed by atoms with van der Waals surface area (Å²) in [5.74, 6) is -0.962. The molecule has 0 atom stereocenters. The van der Waals surface area contributed by atoms with Crippen LogP contribution in [0.2, 0.25) is 0 Å². The molecule has 2 rings (SSSR count). The quantitative estimate of drug-likeness (QED) is 0.849. The lowest BCUT2D eigenvalue weighted by molar-refractivity contribution is -0.145. The van der Waals surface area contributed by atoms with Crippen LogP contribution in [-0.4, -0.2) is 53.5 Å². The van der Waals surface area contributed by atoms with Gasteiger partial charge in [0.05, 0.1) is 5.69 Å². The fourth-order valence-corrected chi connectivity index (χ4v) is 2.45.